The van der Waals surface area contributed by atoms with E-state index in [1.165, 1.54) is 18.3 Å². The highest BCUT2D eigenvalue weighted by Gasteiger charge is 2.53. The molecule has 8 heteroatoms. The van der Waals surface area contributed by atoms with Crippen LogP contribution >= 0.6 is 11.3 Å². The number of aryl methyl sites for hydroxylation is 2. The lowest BCUT2D eigenvalue weighted by molar-refractivity contribution is -0.132. The summed E-state index contributed by atoms with van der Waals surface area (Å²) in [5, 5.41) is 4.34. The molecule has 29 heavy (non-hydrogen) atoms. The summed E-state index contributed by atoms with van der Waals surface area (Å²) in [4.78, 5) is 31.4. The largest absolute Gasteiger partial charge is 0.465 e. The van der Waals surface area contributed by atoms with Crippen LogP contribution in [0.1, 0.15) is 36.7 Å². The molecule has 0 spiro atoms. The number of Topliss-reactive ketones (excluding diaryl/α,β-unsaturated/α-hetero) is 1. The summed E-state index contributed by atoms with van der Waals surface area (Å²) < 4.78 is 10.1. The molecule has 0 aliphatic carbocycles. The zero-order valence-corrected chi connectivity index (χ0v) is 17.4. The second kappa shape index (κ2) is 6.00. The van der Waals surface area contributed by atoms with E-state index in [0.717, 1.165) is 16.8 Å². The Balaban J connectivity index is 1.82. The third-order valence-corrected chi connectivity index (χ3v) is 6.64. The molecule has 3 aromatic rings. The van der Waals surface area contributed by atoms with Crippen molar-refractivity contribution in [3.8, 4) is 5.75 Å². The van der Waals surface area contributed by atoms with E-state index in [1.807, 2.05) is 57.4 Å². The first-order valence-electron chi connectivity index (χ1n) is 9.40. The van der Waals surface area contributed by atoms with Crippen molar-refractivity contribution in [2.45, 2.75) is 32.5 Å². The van der Waals surface area contributed by atoms with E-state index >= 15 is 0 Å². The van der Waals surface area contributed by atoms with Gasteiger partial charge in [-0.2, -0.15) is 5.10 Å². The van der Waals surface area contributed by atoms with Crippen molar-refractivity contribution >= 4 is 23.2 Å². The molecule has 2 aromatic heterocycles. The van der Waals surface area contributed by atoms with Crippen LogP contribution in [0.4, 0.5) is 0 Å². The molecule has 0 fully saturated rings. The molecule has 1 aromatic carbocycles. The zero-order valence-electron chi connectivity index (χ0n) is 16.5. The smallest absolute Gasteiger partial charge is 0.270 e. The van der Waals surface area contributed by atoms with Gasteiger partial charge in [0.05, 0.1) is 16.3 Å². The van der Waals surface area contributed by atoms with Crippen LogP contribution < -0.4 is 19.6 Å². The normalized spacial score (nSPS) is 25.0. The van der Waals surface area contributed by atoms with E-state index in [9.17, 15) is 9.59 Å². The Morgan fingerprint density at radius 3 is 2.79 bits per heavy atom. The van der Waals surface area contributed by atoms with Gasteiger partial charge in [-0.25, -0.2) is 4.99 Å². The highest BCUT2D eigenvalue weighted by Crippen LogP contribution is 2.47. The van der Waals surface area contributed by atoms with Gasteiger partial charge in [0.2, 0.25) is 5.72 Å². The Labute approximate surface area is 170 Å². The molecule has 0 saturated heterocycles. The predicted octanol–water partition coefficient (Wildman–Crippen LogP) is 1.32. The molecule has 0 radical (unpaired) electrons. The van der Waals surface area contributed by atoms with Crippen molar-refractivity contribution in [2.24, 2.45) is 18.0 Å². The fourth-order valence-electron chi connectivity index (χ4n) is 4.46. The van der Waals surface area contributed by atoms with Gasteiger partial charge >= 0.3 is 0 Å². The first-order valence-corrected chi connectivity index (χ1v) is 10.2. The molecule has 5 rings (SSSR count). The van der Waals surface area contributed by atoms with Gasteiger partial charge in [0.15, 0.2) is 4.80 Å². The summed E-state index contributed by atoms with van der Waals surface area (Å²) in [6.45, 7) is 5.27. The van der Waals surface area contributed by atoms with Gasteiger partial charge in [-0.15, -0.1) is 0 Å². The molecule has 7 nitrogen and oxygen atoms in total. The van der Waals surface area contributed by atoms with Crippen LogP contribution in [0.2, 0.25) is 0 Å². The maximum absolute atomic E-state index is 13.4. The van der Waals surface area contributed by atoms with Crippen molar-refractivity contribution in [2.75, 3.05) is 0 Å². The number of thiazole rings is 1. The van der Waals surface area contributed by atoms with Crippen molar-refractivity contribution < 1.29 is 9.53 Å². The molecule has 0 saturated carbocycles. The lowest BCUT2D eigenvalue weighted by atomic mass is 9.79. The third kappa shape index (κ3) is 2.55. The summed E-state index contributed by atoms with van der Waals surface area (Å²) >= 11 is 1.32. The minimum Gasteiger partial charge on any atom is -0.465 e. The first kappa shape index (κ1) is 18.1. The van der Waals surface area contributed by atoms with Crippen LogP contribution in [-0.4, -0.2) is 25.9 Å². The van der Waals surface area contributed by atoms with Gasteiger partial charge in [-0.3, -0.25) is 18.8 Å². The van der Waals surface area contributed by atoms with Gasteiger partial charge in [0.1, 0.15) is 17.5 Å². The fourth-order valence-corrected chi connectivity index (χ4v) is 5.55. The molecule has 2 aliphatic heterocycles. The van der Waals surface area contributed by atoms with Crippen molar-refractivity contribution in [1.29, 1.82) is 0 Å². The average molecular weight is 408 g/mol. The maximum Gasteiger partial charge on any atom is 0.270 e. The number of hydrogen-bond donors (Lipinski definition) is 0. The third-order valence-electron chi connectivity index (χ3n) is 5.66. The van der Waals surface area contributed by atoms with E-state index in [0.29, 0.717) is 15.1 Å². The molecule has 148 valence electrons. The van der Waals surface area contributed by atoms with Gasteiger partial charge in [0.25, 0.3) is 5.56 Å². The van der Waals surface area contributed by atoms with Gasteiger partial charge < -0.3 is 4.74 Å². The van der Waals surface area contributed by atoms with Crippen LogP contribution in [0.25, 0.3) is 6.08 Å². The zero-order chi connectivity index (χ0) is 20.5. The van der Waals surface area contributed by atoms with Gasteiger partial charge in [-0.1, -0.05) is 29.5 Å². The number of rotatable bonds is 2. The number of aromatic nitrogens is 3. The molecular formula is C21H20N4O3S. The highest BCUT2D eigenvalue weighted by atomic mass is 32.1. The van der Waals surface area contributed by atoms with E-state index < -0.39 is 17.7 Å². The Kier molecular flexibility index (Phi) is 3.73. The minimum atomic E-state index is -1.04. The van der Waals surface area contributed by atoms with E-state index in [2.05, 4.69) is 5.10 Å². The predicted molar refractivity (Wildman–Crippen MR) is 109 cm³/mol. The Bertz CT molecular complexity index is 1350. The Morgan fingerprint density at radius 2 is 2.10 bits per heavy atom. The number of ketones is 1. The summed E-state index contributed by atoms with van der Waals surface area (Å²) in [5.41, 5.74) is 1.39. The number of nitrogens with zero attached hydrogens (tertiary/aromatic N) is 4. The van der Waals surface area contributed by atoms with Crippen molar-refractivity contribution in [1.82, 2.24) is 14.3 Å². The van der Waals surface area contributed by atoms with Gasteiger partial charge in [-0.05, 0) is 32.9 Å². The number of para-hydroxylation sites is 1. The monoisotopic (exact) mass is 408 g/mol. The topological polar surface area (TPSA) is 78.5 Å². The lowest BCUT2D eigenvalue weighted by Gasteiger charge is -2.45. The highest BCUT2D eigenvalue weighted by molar-refractivity contribution is 7.07. The summed E-state index contributed by atoms with van der Waals surface area (Å²) in [6.07, 6.45) is 3.73. The summed E-state index contributed by atoms with van der Waals surface area (Å²) in [5.74, 6) is 0.0527. The quantitative estimate of drug-likeness (QED) is 0.641. The van der Waals surface area contributed by atoms with Gasteiger partial charge in [0, 0.05) is 24.4 Å². The number of carbonyl (C=O) groups is 1. The molecule has 4 heterocycles. The van der Waals surface area contributed by atoms with Crippen molar-refractivity contribution in [3.63, 3.8) is 0 Å². The molecular weight excluding hydrogens is 388 g/mol. The van der Waals surface area contributed by atoms with Crippen molar-refractivity contribution in [3.05, 3.63) is 67.0 Å². The number of carbonyl (C=O) groups excluding carboxylic acids is 1. The molecule has 0 amide bonds. The Hall–Kier alpha value is -3.00. The number of fused-ring (bicyclic) bond motifs is 6. The molecule has 2 aliphatic rings. The average Bonchev–Trinajstić information content (AvgIpc) is 3.11. The first-order chi connectivity index (χ1) is 13.8. The molecule has 0 unspecified atom stereocenters. The number of benzene rings is 1. The van der Waals surface area contributed by atoms with Crippen LogP contribution in [-0.2, 0) is 11.8 Å². The maximum atomic E-state index is 13.4. The Morgan fingerprint density at radius 1 is 1.34 bits per heavy atom. The molecule has 2 bridgehead atoms. The van der Waals surface area contributed by atoms with Crippen LogP contribution in [0, 0.1) is 12.8 Å². The van der Waals surface area contributed by atoms with Crippen LogP contribution in [0.5, 0.6) is 5.75 Å². The lowest BCUT2D eigenvalue weighted by Crippen LogP contribution is -2.58. The van der Waals surface area contributed by atoms with E-state index in [-0.39, 0.29) is 11.3 Å². The van der Waals surface area contributed by atoms with E-state index in [1.54, 1.807) is 9.25 Å². The van der Waals surface area contributed by atoms with E-state index in [4.69, 9.17) is 9.73 Å². The fraction of sp³-hybridized carbons (Fsp3) is 0.333. The van der Waals surface area contributed by atoms with Crippen LogP contribution in [0.3, 0.4) is 0 Å². The summed E-state index contributed by atoms with van der Waals surface area (Å²) in [7, 11) is 1.85. The standard InChI is InChI=1S/C21H20N4O3S/c1-11-13(10-24(4)23-11)9-16-19(27)25-18-14-7-5-6-8-15(14)28-21(3,17(18)12(2)26)22-20(25)29-16/h5-10,17-18H,1-4H3/b16-9+/t17-,18+,21-/m1/s1. The second-order valence-electron chi connectivity index (χ2n) is 7.75. The summed E-state index contributed by atoms with van der Waals surface area (Å²) in [6, 6.07) is 7.13. The second-order valence-corrected chi connectivity index (χ2v) is 8.76. The SMILES string of the molecule is CC(=O)[C@@H]1[C@@H]2c3ccccc3O[C@@]1(C)N=c1s/c(=C/c3cn(C)nc3C)c(=O)n12. The molecule has 0 N–H and O–H groups in total. The van der Waals surface area contributed by atoms with Crippen LogP contribution in [0.15, 0.2) is 40.2 Å². The number of hydrogen-bond acceptors (Lipinski definition) is 6. The molecule has 3 atom stereocenters. The minimum absolute atomic E-state index is 0.0480. The number of ether oxygens (including phenoxy) is 1.